The Bertz CT molecular complexity index is 499. The maximum Gasteiger partial charge on any atom is 0.256 e. The molecule has 0 fully saturated rings. The predicted molar refractivity (Wildman–Crippen MR) is 71.4 cm³/mol. The van der Waals surface area contributed by atoms with Gasteiger partial charge in [0, 0.05) is 31.8 Å². The Morgan fingerprint density at radius 1 is 1.56 bits per heavy atom. The van der Waals surface area contributed by atoms with E-state index in [2.05, 4.69) is 23.7 Å². The van der Waals surface area contributed by atoms with Crippen LogP contribution in [0.5, 0.6) is 0 Å². The van der Waals surface area contributed by atoms with Crippen LogP contribution in [-0.4, -0.2) is 35.4 Å². The second kappa shape index (κ2) is 4.90. The van der Waals surface area contributed by atoms with E-state index < -0.39 is 0 Å². The fourth-order valence-corrected chi connectivity index (χ4v) is 2.43. The Kier molecular flexibility index (Phi) is 3.64. The monoisotopic (exact) mass is 271 g/mol. The number of ether oxygens (including phenoxy) is 1. The molecule has 100 valence electrons. The van der Waals surface area contributed by atoms with E-state index in [1.165, 1.54) is 6.07 Å². The number of hydrogen-bond acceptors (Lipinski definition) is 4. The standard InChI is InChI=1S/C12H18ClN3O2/c1-12(2)4-5-15-10(17)8-9(13)14-11(15)16(12)6-7-18-3/h8H,4-7H2,1-3H3. The Balaban J connectivity index is 2.47. The molecule has 2 heterocycles. The van der Waals surface area contributed by atoms with Crippen LogP contribution in [-0.2, 0) is 11.3 Å². The molecule has 6 heteroatoms. The lowest BCUT2D eigenvalue weighted by Crippen LogP contribution is -2.53. The van der Waals surface area contributed by atoms with Gasteiger partial charge in [0.05, 0.1) is 6.61 Å². The van der Waals surface area contributed by atoms with Gasteiger partial charge < -0.3 is 9.64 Å². The van der Waals surface area contributed by atoms with Crippen LogP contribution in [0.25, 0.3) is 0 Å². The number of methoxy groups -OCH3 is 1. The fourth-order valence-electron chi connectivity index (χ4n) is 2.26. The first-order valence-corrected chi connectivity index (χ1v) is 6.37. The van der Waals surface area contributed by atoms with Crippen molar-refractivity contribution >= 4 is 17.5 Å². The van der Waals surface area contributed by atoms with Gasteiger partial charge in [0.1, 0.15) is 5.15 Å². The van der Waals surface area contributed by atoms with E-state index in [9.17, 15) is 4.79 Å². The highest BCUT2D eigenvalue weighted by molar-refractivity contribution is 6.29. The van der Waals surface area contributed by atoms with Gasteiger partial charge in [-0.3, -0.25) is 9.36 Å². The quantitative estimate of drug-likeness (QED) is 0.783. The lowest BCUT2D eigenvalue weighted by molar-refractivity contribution is 0.194. The molecule has 0 atom stereocenters. The molecule has 0 amide bonds. The zero-order chi connectivity index (χ0) is 13.3. The number of nitrogens with zero attached hydrogens (tertiary/aromatic N) is 3. The van der Waals surface area contributed by atoms with Gasteiger partial charge in [0.2, 0.25) is 5.95 Å². The summed E-state index contributed by atoms with van der Waals surface area (Å²) in [5.41, 5.74) is -0.147. The van der Waals surface area contributed by atoms with Crippen molar-refractivity contribution in [2.24, 2.45) is 0 Å². The van der Waals surface area contributed by atoms with Crippen molar-refractivity contribution in [1.29, 1.82) is 0 Å². The predicted octanol–water partition coefficient (Wildman–Crippen LogP) is 1.53. The van der Waals surface area contributed by atoms with Crippen molar-refractivity contribution < 1.29 is 4.74 Å². The van der Waals surface area contributed by atoms with Crippen LogP contribution in [0.4, 0.5) is 5.95 Å². The molecular weight excluding hydrogens is 254 g/mol. The minimum Gasteiger partial charge on any atom is -0.383 e. The van der Waals surface area contributed by atoms with Crippen molar-refractivity contribution in [3.05, 3.63) is 21.6 Å². The largest absolute Gasteiger partial charge is 0.383 e. The summed E-state index contributed by atoms with van der Waals surface area (Å²) < 4.78 is 6.80. The van der Waals surface area contributed by atoms with Crippen LogP contribution >= 0.6 is 11.6 Å². The van der Waals surface area contributed by atoms with E-state index in [1.807, 2.05) is 0 Å². The maximum absolute atomic E-state index is 11.9. The molecule has 0 bridgehead atoms. The Morgan fingerprint density at radius 2 is 2.28 bits per heavy atom. The number of anilines is 1. The second-order valence-electron chi connectivity index (χ2n) is 5.08. The number of rotatable bonds is 3. The molecule has 0 radical (unpaired) electrons. The first-order valence-electron chi connectivity index (χ1n) is 6.00. The van der Waals surface area contributed by atoms with Crippen molar-refractivity contribution in [1.82, 2.24) is 9.55 Å². The lowest BCUT2D eigenvalue weighted by Gasteiger charge is -2.44. The summed E-state index contributed by atoms with van der Waals surface area (Å²) in [6.45, 7) is 6.23. The van der Waals surface area contributed by atoms with E-state index in [4.69, 9.17) is 16.3 Å². The molecule has 5 nitrogen and oxygen atoms in total. The molecule has 0 unspecified atom stereocenters. The summed E-state index contributed by atoms with van der Waals surface area (Å²) in [6, 6.07) is 1.36. The number of aromatic nitrogens is 2. The molecule has 1 aliphatic rings. The van der Waals surface area contributed by atoms with E-state index in [1.54, 1.807) is 11.7 Å². The summed E-state index contributed by atoms with van der Waals surface area (Å²) in [5.74, 6) is 0.640. The molecule has 0 N–H and O–H groups in total. The van der Waals surface area contributed by atoms with E-state index in [0.29, 0.717) is 25.6 Å². The average molecular weight is 272 g/mol. The van der Waals surface area contributed by atoms with Gasteiger partial charge in [-0.15, -0.1) is 0 Å². The molecule has 0 spiro atoms. The Morgan fingerprint density at radius 3 is 2.94 bits per heavy atom. The van der Waals surface area contributed by atoms with Gasteiger partial charge >= 0.3 is 0 Å². The van der Waals surface area contributed by atoms with Gasteiger partial charge in [-0.2, -0.15) is 0 Å². The first kappa shape index (κ1) is 13.4. The van der Waals surface area contributed by atoms with Crippen molar-refractivity contribution in [3.63, 3.8) is 0 Å². The van der Waals surface area contributed by atoms with Gasteiger partial charge in [-0.25, -0.2) is 4.98 Å². The summed E-state index contributed by atoms with van der Waals surface area (Å²) in [5, 5.41) is 0.242. The third-order valence-corrected chi connectivity index (χ3v) is 3.59. The fraction of sp³-hybridized carbons (Fsp3) is 0.667. The topological polar surface area (TPSA) is 47.4 Å². The lowest BCUT2D eigenvalue weighted by atomic mass is 9.96. The maximum atomic E-state index is 11.9. The summed E-state index contributed by atoms with van der Waals surface area (Å²) in [7, 11) is 1.66. The van der Waals surface area contributed by atoms with Crippen LogP contribution in [0, 0.1) is 0 Å². The van der Waals surface area contributed by atoms with Crippen molar-refractivity contribution in [2.45, 2.75) is 32.4 Å². The Labute approximate surface area is 111 Å². The SMILES string of the molecule is COCCN1c2nc(Cl)cc(=O)n2CCC1(C)C. The van der Waals surface area contributed by atoms with Crippen LogP contribution in [0.1, 0.15) is 20.3 Å². The molecule has 1 aromatic heterocycles. The number of fused-ring (bicyclic) bond motifs is 1. The smallest absolute Gasteiger partial charge is 0.256 e. The summed E-state index contributed by atoms with van der Waals surface area (Å²) in [4.78, 5) is 18.3. The molecule has 2 rings (SSSR count). The Hall–Kier alpha value is -1.07. The van der Waals surface area contributed by atoms with E-state index in [-0.39, 0.29) is 16.3 Å². The summed E-state index contributed by atoms with van der Waals surface area (Å²) in [6.07, 6.45) is 0.896. The molecule has 1 aliphatic heterocycles. The third kappa shape index (κ3) is 2.37. The van der Waals surface area contributed by atoms with E-state index >= 15 is 0 Å². The zero-order valence-electron chi connectivity index (χ0n) is 10.9. The zero-order valence-corrected chi connectivity index (χ0v) is 11.7. The van der Waals surface area contributed by atoms with Crippen molar-refractivity contribution in [2.75, 3.05) is 25.2 Å². The molecular formula is C12H18ClN3O2. The highest BCUT2D eigenvalue weighted by Crippen LogP contribution is 2.30. The van der Waals surface area contributed by atoms with Crippen LogP contribution in [0.15, 0.2) is 10.9 Å². The molecule has 0 aliphatic carbocycles. The minimum absolute atomic E-state index is 0.0529. The van der Waals surface area contributed by atoms with Gasteiger partial charge in [0.15, 0.2) is 0 Å². The van der Waals surface area contributed by atoms with Gasteiger partial charge in [0.25, 0.3) is 5.56 Å². The molecule has 1 aromatic rings. The van der Waals surface area contributed by atoms with Gasteiger partial charge in [-0.05, 0) is 20.3 Å². The first-order chi connectivity index (χ1) is 8.45. The molecule has 0 saturated carbocycles. The normalized spacial score (nSPS) is 17.7. The van der Waals surface area contributed by atoms with E-state index in [0.717, 1.165) is 6.42 Å². The highest BCUT2D eigenvalue weighted by atomic mass is 35.5. The molecule has 18 heavy (non-hydrogen) atoms. The second-order valence-corrected chi connectivity index (χ2v) is 5.46. The van der Waals surface area contributed by atoms with Crippen LogP contribution in [0.3, 0.4) is 0 Å². The molecule has 0 saturated heterocycles. The van der Waals surface area contributed by atoms with Crippen LogP contribution < -0.4 is 10.5 Å². The minimum atomic E-state index is -0.0945. The third-order valence-electron chi connectivity index (χ3n) is 3.40. The van der Waals surface area contributed by atoms with Gasteiger partial charge in [-0.1, -0.05) is 11.6 Å². The number of hydrogen-bond donors (Lipinski definition) is 0. The number of halogens is 1. The van der Waals surface area contributed by atoms with Crippen molar-refractivity contribution in [3.8, 4) is 0 Å². The molecule has 0 aromatic carbocycles. The average Bonchev–Trinajstić information content (AvgIpc) is 2.26. The van der Waals surface area contributed by atoms with Crippen LogP contribution in [0.2, 0.25) is 5.15 Å². The highest BCUT2D eigenvalue weighted by Gasteiger charge is 2.34. The summed E-state index contributed by atoms with van der Waals surface area (Å²) >= 11 is 5.89.